The summed E-state index contributed by atoms with van der Waals surface area (Å²) in [5, 5.41) is 19.2. The van der Waals surface area contributed by atoms with Crippen molar-refractivity contribution in [2.24, 2.45) is 15.9 Å². The highest BCUT2D eigenvalue weighted by molar-refractivity contribution is 7.86. The van der Waals surface area contributed by atoms with Gasteiger partial charge >= 0.3 is 12.1 Å². The Bertz CT molecular complexity index is 1380. The first-order chi connectivity index (χ1) is 19.3. The fraction of sp³-hybridized carbons (Fsp3) is 0.423. The molecule has 2 unspecified atom stereocenters. The van der Waals surface area contributed by atoms with Crippen LogP contribution in [0.3, 0.4) is 0 Å². The summed E-state index contributed by atoms with van der Waals surface area (Å²) in [5.74, 6) is -1.68. The number of aliphatic carboxylic acids is 1. The Morgan fingerprint density at radius 1 is 1.10 bits per heavy atom. The van der Waals surface area contributed by atoms with Crippen molar-refractivity contribution in [2.45, 2.75) is 31.0 Å². The minimum atomic E-state index is -4.46. The fourth-order valence-electron chi connectivity index (χ4n) is 5.16. The van der Waals surface area contributed by atoms with Gasteiger partial charge in [-0.1, -0.05) is 30.3 Å². The van der Waals surface area contributed by atoms with Crippen LogP contribution in [0.2, 0.25) is 0 Å². The number of carbonyl (C=O) groups is 1. The predicted octanol–water partition coefficient (Wildman–Crippen LogP) is 2.59. The average molecular weight is 596 g/mol. The van der Waals surface area contributed by atoms with Gasteiger partial charge in [0.1, 0.15) is 11.4 Å². The maximum atomic E-state index is 14.1. The summed E-state index contributed by atoms with van der Waals surface area (Å²) in [4.78, 5) is 14.5. The number of piperazine rings is 1. The van der Waals surface area contributed by atoms with E-state index in [0.717, 1.165) is 21.6 Å². The number of benzene rings is 2. The average Bonchev–Trinajstić information content (AvgIpc) is 3.69. The van der Waals surface area contributed by atoms with E-state index in [9.17, 15) is 31.5 Å². The van der Waals surface area contributed by atoms with Gasteiger partial charge in [0, 0.05) is 51.0 Å². The minimum absolute atomic E-state index is 0.00897. The molecule has 2 aromatic rings. The second-order valence-corrected chi connectivity index (χ2v) is 11.7. The standard InChI is InChI=1S/C26H32F3N7O4S/c1-19(30)32-36(31-2)17-16-35(25(24(37)38)18-23(25)20-6-4-3-5-7-20)41(39,40)34-14-12-33(13-15-34)22-10-8-21(9-11-22)26(27,28)29/h3-11,23H,2,12-18H2,1H3,(H2,30,32)(H,37,38). The third kappa shape index (κ3) is 6.31. The molecule has 4 rings (SSSR count). The first-order valence-corrected chi connectivity index (χ1v) is 14.2. The Morgan fingerprint density at radius 2 is 1.71 bits per heavy atom. The molecule has 11 nitrogen and oxygen atoms in total. The molecule has 1 aliphatic heterocycles. The van der Waals surface area contributed by atoms with Gasteiger partial charge in [0.05, 0.1) is 12.1 Å². The molecule has 1 heterocycles. The number of nitrogens with zero attached hydrogens (tertiary/aromatic N) is 6. The lowest BCUT2D eigenvalue weighted by molar-refractivity contribution is -0.143. The Kier molecular flexibility index (Phi) is 8.61. The molecule has 0 spiro atoms. The van der Waals surface area contributed by atoms with Crippen LogP contribution in [0.4, 0.5) is 18.9 Å². The third-order valence-corrected chi connectivity index (χ3v) is 9.37. The number of nitrogens with two attached hydrogens (primary N) is 1. The largest absolute Gasteiger partial charge is 0.480 e. The molecular formula is C26H32F3N7O4S. The molecule has 0 bridgehead atoms. The highest BCUT2D eigenvalue weighted by Gasteiger charge is 2.68. The van der Waals surface area contributed by atoms with Crippen LogP contribution in [0.1, 0.15) is 30.4 Å². The zero-order valence-corrected chi connectivity index (χ0v) is 23.2. The maximum absolute atomic E-state index is 14.1. The van der Waals surface area contributed by atoms with Crippen molar-refractivity contribution in [3.63, 3.8) is 0 Å². The maximum Gasteiger partial charge on any atom is 0.416 e. The molecule has 41 heavy (non-hydrogen) atoms. The lowest BCUT2D eigenvalue weighted by Crippen LogP contribution is -2.59. The van der Waals surface area contributed by atoms with Crippen molar-refractivity contribution in [3.05, 3.63) is 65.7 Å². The lowest BCUT2D eigenvalue weighted by Gasteiger charge is -2.39. The van der Waals surface area contributed by atoms with E-state index in [1.807, 2.05) is 0 Å². The van der Waals surface area contributed by atoms with E-state index in [-0.39, 0.29) is 51.5 Å². The van der Waals surface area contributed by atoms with Crippen LogP contribution in [0, 0.1) is 0 Å². The van der Waals surface area contributed by atoms with Gasteiger partial charge in [0.15, 0.2) is 0 Å². The van der Waals surface area contributed by atoms with E-state index >= 15 is 0 Å². The molecule has 0 radical (unpaired) electrons. The molecule has 1 aliphatic carbocycles. The Hall–Kier alpha value is -3.69. The van der Waals surface area contributed by atoms with Crippen molar-refractivity contribution >= 4 is 34.4 Å². The first kappa shape index (κ1) is 30.3. The highest BCUT2D eigenvalue weighted by atomic mass is 32.2. The Balaban J connectivity index is 1.58. The van der Waals surface area contributed by atoms with E-state index in [2.05, 4.69) is 16.9 Å². The molecule has 222 valence electrons. The second kappa shape index (κ2) is 11.7. The summed E-state index contributed by atoms with van der Waals surface area (Å²) >= 11 is 0. The molecule has 0 amide bonds. The molecular weight excluding hydrogens is 563 g/mol. The third-order valence-electron chi connectivity index (χ3n) is 7.29. The monoisotopic (exact) mass is 595 g/mol. The lowest BCUT2D eigenvalue weighted by atomic mass is 10.1. The Morgan fingerprint density at radius 3 is 2.22 bits per heavy atom. The summed E-state index contributed by atoms with van der Waals surface area (Å²) in [6.07, 6.45) is -4.38. The first-order valence-electron chi connectivity index (χ1n) is 12.8. The zero-order valence-electron chi connectivity index (χ0n) is 22.4. The van der Waals surface area contributed by atoms with E-state index < -0.39 is 39.4 Å². The van der Waals surface area contributed by atoms with Crippen LogP contribution < -0.4 is 10.6 Å². The van der Waals surface area contributed by atoms with Crippen LogP contribution in [-0.4, -0.2) is 90.6 Å². The topological polar surface area (TPSA) is 135 Å². The molecule has 2 aromatic carbocycles. The number of hydrogen-bond acceptors (Lipinski definition) is 7. The van der Waals surface area contributed by atoms with Gasteiger partial charge in [-0.2, -0.15) is 40.4 Å². The molecule has 2 atom stereocenters. The van der Waals surface area contributed by atoms with Gasteiger partial charge in [0.2, 0.25) is 0 Å². The Labute approximate surface area is 236 Å². The minimum Gasteiger partial charge on any atom is -0.480 e. The number of anilines is 1. The van der Waals surface area contributed by atoms with Gasteiger partial charge in [-0.15, -0.1) is 5.10 Å². The number of halogens is 3. The molecule has 3 N–H and O–H groups in total. The van der Waals surface area contributed by atoms with E-state index in [0.29, 0.717) is 11.3 Å². The van der Waals surface area contributed by atoms with Gasteiger partial charge in [-0.05, 0) is 43.2 Å². The van der Waals surface area contributed by atoms with Crippen molar-refractivity contribution in [3.8, 4) is 0 Å². The van der Waals surface area contributed by atoms with Gasteiger partial charge in [0.25, 0.3) is 10.2 Å². The molecule has 15 heteroatoms. The number of hydrogen-bond donors (Lipinski definition) is 2. The molecule has 0 aromatic heterocycles. The quantitative estimate of drug-likeness (QED) is 0.232. The summed E-state index contributed by atoms with van der Waals surface area (Å²) in [5.41, 5.74) is 4.38. The van der Waals surface area contributed by atoms with Crippen molar-refractivity contribution < 1.29 is 31.5 Å². The van der Waals surface area contributed by atoms with Crippen LogP contribution in [0.25, 0.3) is 0 Å². The number of rotatable bonds is 11. The van der Waals surface area contributed by atoms with E-state index in [1.54, 1.807) is 35.2 Å². The van der Waals surface area contributed by atoms with Gasteiger partial charge in [-0.3, -0.25) is 4.79 Å². The zero-order chi connectivity index (χ0) is 30.0. The van der Waals surface area contributed by atoms with Crippen LogP contribution >= 0.6 is 0 Å². The summed E-state index contributed by atoms with van der Waals surface area (Å²) in [6.45, 7) is 5.02. The van der Waals surface area contributed by atoms with Gasteiger partial charge < -0.3 is 15.7 Å². The molecule has 1 saturated carbocycles. The molecule has 1 saturated heterocycles. The van der Waals surface area contributed by atoms with Gasteiger partial charge in [-0.25, -0.2) is 0 Å². The summed E-state index contributed by atoms with van der Waals surface area (Å²) in [7, 11) is -4.33. The molecule has 2 aliphatic rings. The summed E-state index contributed by atoms with van der Waals surface area (Å²) < 4.78 is 69.3. The fourth-order valence-corrected chi connectivity index (χ4v) is 7.07. The highest BCUT2D eigenvalue weighted by Crippen LogP contribution is 2.57. The smallest absolute Gasteiger partial charge is 0.416 e. The SMILES string of the molecule is C=NN(CCN(C1(C(=O)O)CC1c1ccccc1)S(=O)(=O)N1CCN(c2ccc(C(F)(F)F)cc2)CC1)/N=C(\C)N. The van der Waals surface area contributed by atoms with Crippen molar-refractivity contribution in [1.29, 1.82) is 0 Å². The summed E-state index contributed by atoms with van der Waals surface area (Å²) in [6, 6.07) is 13.5. The second-order valence-electron chi connectivity index (χ2n) is 9.89. The number of carboxylic acid groups (broad SMARTS) is 1. The van der Waals surface area contributed by atoms with Crippen molar-refractivity contribution in [1.82, 2.24) is 13.7 Å². The van der Waals surface area contributed by atoms with Crippen molar-refractivity contribution in [2.75, 3.05) is 44.2 Å². The number of hydrazone groups is 2. The van der Waals surface area contributed by atoms with Crippen LogP contribution in [0.15, 0.2) is 64.8 Å². The van der Waals surface area contributed by atoms with E-state index in [4.69, 9.17) is 5.73 Å². The van der Waals surface area contributed by atoms with Crippen LogP contribution in [0.5, 0.6) is 0 Å². The number of amidine groups is 1. The number of carboxylic acids is 1. The molecule has 2 fully saturated rings. The number of alkyl halides is 3. The van der Waals surface area contributed by atoms with E-state index in [1.165, 1.54) is 23.4 Å². The predicted molar refractivity (Wildman–Crippen MR) is 149 cm³/mol. The van der Waals surface area contributed by atoms with Crippen LogP contribution in [-0.2, 0) is 21.2 Å². The normalized spacial score (nSPS) is 22.0.